The lowest BCUT2D eigenvalue weighted by Gasteiger charge is -2.65. The van der Waals surface area contributed by atoms with Crippen LogP contribution in [-0.2, 0) is 0 Å². The first-order valence-electron chi connectivity index (χ1n) is 15.9. The molecular weight excluding hydrogens is 476 g/mol. The highest BCUT2D eigenvalue weighted by molar-refractivity contribution is 5.60. The Balaban J connectivity index is 1.39. The largest absolute Gasteiger partial charge is 0.487 e. The normalized spacial score (nSPS) is 39.5. The van der Waals surface area contributed by atoms with E-state index < -0.39 is 0 Å². The summed E-state index contributed by atoms with van der Waals surface area (Å²) in [5.74, 6) is 4.01. The van der Waals surface area contributed by atoms with Crippen molar-refractivity contribution in [2.75, 3.05) is 11.5 Å². The van der Waals surface area contributed by atoms with E-state index >= 15 is 0 Å². The molecule has 0 spiro atoms. The first-order valence-corrected chi connectivity index (χ1v) is 15.9. The maximum atomic E-state index is 6.65. The molecule has 4 N–H and O–H groups in total. The van der Waals surface area contributed by atoms with Gasteiger partial charge in [-0.05, 0) is 130 Å². The van der Waals surface area contributed by atoms with Gasteiger partial charge in [-0.1, -0.05) is 64.8 Å². The molecule has 3 fully saturated rings. The minimum Gasteiger partial charge on any atom is -0.487 e. The Hall–Kier alpha value is -1.90. The molecule has 39 heavy (non-hydrogen) atoms. The van der Waals surface area contributed by atoms with E-state index in [9.17, 15) is 0 Å². The minimum atomic E-state index is -0.0227. The van der Waals surface area contributed by atoms with Crippen molar-refractivity contribution in [1.29, 1.82) is 0 Å². The van der Waals surface area contributed by atoms with Crippen molar-refractivity contribution in [3.63, 3.8) is 0 Å². The van der Waals surface area contributed by atoms with Gasteiger partial charge in [-0.15, -0.1) is 0 Å². The number of fused-ring (bicyclic) bond motifs is 5. The number of allylic oxidation sites excluding steroid dienone is 3. The number of rotatable bonds is 6. The molecule has 3 saturated carbocycles. The van der Waals surface area contributed by atoms with E-state index in [1.807, 2.05) is 18.2 Å². The van der Waals surface area contributed by atoms with Crippen LogP contribution in [0.4, 0.5) is 11.4 Å². The van der Waals surface area contributed by atoms with Crippen LogP contribution in [0.15, 0.2) is 41.5 Å². The second-order valence-corrected chi connectivity index (χ2v) is 15.5. The number of nitrogens with two attached hydrogens (primary N) is 2. The van der Waals surface area contributed by atoms with E-state index in [1.165, 1.54) is 56.9 Å². The molecule has 4 aliphatic rings. The molecule has 216 valence electrons. The molecule has 4 aliphatic carbocycles. The topological polar surface area (TPSA) is 61.3 Å². The van der Waals surface area contributed by atoms with Gasteiger partial charge in [0.25, 0.3) is 0 Å². The second kappa shape index (κ2) is 9.88. The summed E-state index contributed by atoms with van der Waals surface area (Å²) >= 11 is 0. The lowest BCUT2D eigenvalue weighted by atomic mass is 9.40. The van der Waals surface area contributed by atoms with Crippen LogP contribution >= 0.6 is 0 Å². The fraction of sp³-hybridized carbons (Fsp3) is 0.722. The van der Waals surface area contributed by atoms with Gasteiger partial charge < -0.3 is 16.2 Å². The van der Waals surface area contributed by atoms with E-state index in [4.69, 9.17) is 16.2 Å². The third kappa shape index (κ3) is 4.45. The van der Waals surface area contributed by atoms with Gasteiger partial charge in [-0.2, -0.15) is 0 Å². The number of hydrogen-bond donors (Lipinski definition) is 2. The SMILES string of the molecule is CC(C)=CCCC(C)C1CCC2(C)C3CC=C4C(C)(C)C(Oc5ccc(N)cc5N)CCC4(C)C3CCC12C. The fourth-order valence-electron chi connectivity index (χ4n) is 10.6. The summed E-state index contributed by atoms with van der Waals surface area (Å²) in [5.41, 5.74) is 17.8. The number of anilines is 2. The zero-order chi connectivity index (χ0) is 28.4. The van der Waals surface area contributed by atoms with E-state index in [0.29, 0.717) is 22.2 Å². The Morgan fingerprint density at radius 2 is 1.69 bits per heavy atom. The van der Waals surface area contributed by atoms with Crippen molar-refractivity contribution in [3.05, 3.63) is 41.5 Å². The molecule has 0 heterocycles. The minimum absolute atomic E-state index is 0.0227. The standard InChI is InChI=1S/C36H56N2O/c1-23(2)10-9-11-24(3)26-16-20-36(8)28-13-15-31-33(4,5)32(39-30-14-12-25(37)22-29(30)38)18-19-34(31,6)27(28)17-21-35(26,36)7/h10,12,14-15,22,24,26-28,32H,9,11,13,16-21,37-38H2,1-8H3. The lowest BCUT2D eigenvalue weighted by Crippen LogP contribution is -2.58. The Morgan fingerprint density at radius 1 is 0.974 bits per heavy atom. The van der Waals surface area contributed by atoms with Crippen LogP contribution in [0.5, 0.6) is 5.75 Å². The average Bonchev–Trinajstić information content (AvgIpc) is 3.13. The molecule has 5 rings (SSSR count). The predicted molar refractivity (Wildman–Crippen MR) is 166 cm³/mol. The molecule has 0 aromatic heterocycles. The summed E-state index contributed by atoms with van der Waals surface area (Å²) in [7, 11) is 0. The third-order valence-electron chi connectivity index (χ3n) is 13.0. The Labute approximate surface area is 239 Å². The highest BCUT2D eigenvalue weighted by Gasteiger charge is 2.66. The Kier molecular flexibility index (Phi) is 7.25. The van der Waals surface area contributed by atoms with Crippen LogP contribution in [-0.4, -0.2) is 6.10 Å². The molecule has 1 aromatic carbocycles. The summed E-state index contributed by atoms with van der Waals surface area (Å²) in [5, 5.41) is 0. The van der Waals surface area contributed by atoms with E-state index in [1.54, 1.807) is 5.57 Å². The predicted octanol–water partition coefficient (Wildman–Crippen LogP) is 9.59. The van der Waals surface area contributed by atoms with E-state index in [2.05, 4.69) is 67.5 Å². The number of ether oxygens (including phenoxy) is 1. The number of benzene rings is 1. The maximum Gasteiger partial charge on any atom is 0.142 e. The van der Waals surface area contributed by atoms with Crippen LogP contribution < -0.4 is 16.2 Å². The molecular formula is C36H56N2O. The lowest BCUT2D eigenvalue weighted by molar-refractivity contribution is -0.122. The Morgan fingerprint density at radius 3 is 2.38 bits per heavy atom. The van der Waals surface area contributed by atoms with Crippen LogP contribution in [0.3, 0.4) is 0 Å². The van der Waals surface area contributed by atoms with Crippen LogP contribution in [0.25, 0.3) is 0 Å². The summed E-state index contributed by atoms with van der Waals surface area (Å²) in [6.45, 7) is 19.9. The van der Waals surface area contributed by atoms with Gasteiger partial charge in [0.2, 0.25) is 0 Å². The van der Waals surface area contributed by atoms with Gasteiger partial charge in [0.1, 0.15) is 11.9 Å². The first-order chi connectivity index (χ1) is 18.2. The molecule has 0 aliphatic heterocycles. The summed E-state index contributed by atoms with van der Waals surface area (Å²) in [6, 6.07) is 5.66. The quantitative estimate of drug-likeness (QED) is 0.283. The summed E-state index contributed by atoms with van der Waals surface area (Å²) in [6.07, 6.45) is 17.0. The molecule has 8 unspecified atom stereocenters. The molecule has 1 aromatic rings. The number of nitrogen functional groups attached to an aromatic ring is 2. The van der Waals surface area contributed by atoms with Crippen LogP contribution in [0, 0.1) is 45.3 Å². The van der Waals surface area contributed by atoms with Crippen LogP contribution in [0.2, 0.25) is 0 Å². The van der Waals surface area contributed by atoms with Crippen LogP contribution in [0.1, 0.15) is 113 Å². The smallest absolute Gasteiger partial charge is 0.142 e. The van der Waals surface area contributed by atoms with Crippen molar-refractivity contribution in [2.45, 2.75) is 119 Å². The zero-order valence-corrected chi connectivity index (χ0v) is 26.2. The van der Waals surface area contributed by atoms with Crippen molar-refractivity contribution < 1.29 is 4.74 Å². The monoisotopic (exact) mass is 532 g/mol. The highest BCUT2D eigenvalue weighted by atomic mass is 16.5. The van der Waals surface area contributed by atoms with Gasteiger partial charge in [-0.25, -0.2) is 0 Å². The highest BCUT2D eigenvalue weighted by Crippen LogP contribution is 2.73. The summed E-state index contributed by atoms with van der Waals surface area (Å²) < 4.78 is 6.65. The molecule has 0 amide bonds. The van der Waals surface area contributed by atoms with Gasteiger partial charge in [0, 0.05) is 11.1 Å². The maximum absolute atomic E-state index is 6.65. The summed E-state index contributed by atoms with van der Waals surface area (Å²) in [4.78, 5) is 0. The van der Waals surface area contributed by atoms with Gasteiger partial charge in [-0.3, -0.25) is 0 Å². The second-order valence-electron chi connectivity index (χ2n) is 15.5. The molecule has 0 radical (unpaired) electrons. The molecule has 8 atom stereocenters. The van der Waals surface area contributed by atoms with Crippen molar-refractivity contribution in [1.82, 2.24) is 0 Å². The Bertz CT molecular complexity index is 1140. The number of hydrogen-bond acceptors (Lipinski definition) is 3. The average molecular weight is 533 g/mol. The third-order valence-corrected chi connectivity index (χ3v) is 13.0. The molecule has 0 saturated heterocycles. The molecule has 3 heteroatoms. The van der Waals surface area contributed by atoms with E-state index in [0.717, 1.165) is 35.8 Å². The van der Waals surface area contributed by atoms with Crippen molar-refractivity contribution in [2.24, 2.45) is 45.3 Å². The fourth-order valence-corrected chi connectivity index (χ4v) is 10.6. The van der Waals surface area contributed by atoms with Gasteiger partial charge >= 0.3 is 0 Å². The van der Waals surface area contributed by atoms with Crippen molar-refractivity contribution >= 4 is 11.4 Å². The van der Waals surface area contributed by atoms with Gasteiger partial charge in [0.15, 0.2) is 0 Å². The van der Waals surface area contributed by atoms with Gasteiger partial charge in [0.05, 0.1) is 5.69 Å². The van der Waals surface area contributed by atoms with Crippen molar-refractivity contribution in [3.8, 4) is 5.75 Å². The first kappa shape index (κ1) is 28.6. The molecule has 3 nitrogen and oxygen atoms in total. The molecule has 0 bridgehead atoms. The zero-order valence-electron chi connectivity index (χ0n) is 26.2. The van der Waals surface area contributed by atoms with E-state index in [-0.39, 0.29) is 16.9 Å².